The third kappa shape index (κ3) is 37.6. The maximum Gasteiger partial charge on any atom is 0.321 e. The van der Waals surface area contributed by atoms with Crippen LogP contribution in [0.15, 0.2) is 60.7 Å². The van der Waals surface area contributed by atoms with E-state index in [1.165, 1.54) is 154 Å². The molecule has 0 aliphatic heterocycles. The van der Waals surface area contributed by atoms with Crippen molar-refractivity contribution in [1.82, 2.24) is 20.3 Å². The van der Waals surface area contributed by atoms with Crippen LogP contribution >= 0.6 is 0 Å². The fraction of sp³-hybridized carbons (Fsp3) is 0.634. The van der Waals surface area contributed by atoms with Crippen LogP contribution in [-0.2, 0) is 0 Å². The van der Waals surface area contributed by atoms with Crippen LogP contribution in [0.1, 0.15) is 341 Å². The maximum atomic E-state index is 12.5. The van der Waals surface area contributed by atoms with Gasteiger partial charge in [0, 0.05) is 34.4 Å². The molecule has 107 heavy (non-hydrogen) atoms. The maximum absolute atomic E-state index is 12.5. The number of nitrogens with zero attached hydrogens (tertiary/aromatic N) is 3. The van der Waals surface area contributed by atoms with Crippen LogP contribution in [-0.4, -0.2) is 73.8 Å². The van der Waals surface area contributed by atoms with Gasteiger partial charge in [0.25, 0.3) is 0 Å². The van der Waals surface area contributed by atoms with Crippen LogP contribution in [0, 0.1) is 23.7 Å². The lowest BCUT2D eigenvalue weighted by Gasteiger charge is -2.19. The molecule has 2 amide bonds. The van der Waals surface area contributed by atoms with Gasteiger partial charge in [0.05, 0.1) is 46.2 Å². The van der Waals surface area contributed by atoms with Crippen LogP contribution in [0.4, 0.5) is 16.7 Å². The highest BCUT2D eigenvalue weighted by Crippen LogP contribution is 2.42. The first-order valence-electron chi connectivity index (χ1n) is 42.9. The lowest BCUT2D eigenvalue weighted by Crippen LogP contribution is -2.30. The van der Waals surface area contributed by atoms with Gasteiger partial charge in [0.2, 0.25) is 17.6 Å². The highest BCUT2D eigenvalue weighted by molar-refractivity contribution is 5.88. The molecule has 0 saturated heterocycles. The minimum absolute atomic E-state index is 0.00782. The number of unbranched alkanes of at least 4 members (excludes halogenated alkanes) is 27. The summed E-state index contributed by atoms with van der Waals surface area (Å²) >= 11 is 0. The van der Waals surface area contributed by atoms with E-state index in [1.54, 1.807) is 0 Å². The SMILES string of the molecule is CCCCCCCCCCCCOc1cc(/C=C/c2cc(OC[C@@H](C)CC)c(/C=C/c3cc(OC[C@@H](C)CC)c(/C=C/c4ccc(-c5nc(N)nc(NC(=O)NCCC)n5)cc4)cc3OC[C@@H](C)CC)cc2OC[C@@H](C)CC)cc(OCCCCCCCCCCCC)c1OCCCCCCCCCCCC. The minimum atomic E-state index is -0.405. The van der Waals surface area contributed by atoms with E-state index in [9.17, 15) is 4.79 Å². The molecule has 596 valence electrons. The van der Waals surface area contributed by atoms with Gasteiger partial charge < -0.3 is 44.2 Å². The van der Waals surface area contributed by atoms with Crippen LogP contribution in [0.3, 0.4) is 0 Å². The third-order valence-electron chi connectivity index (χ3n) is 20.4. The number of hydrogen-bond donors (Lipinski definition) is 3. The molecular formula is C93H146N6O8. The lowest BCUT2D eigenvalue weighted by molar-refractivity contribution is 0.234. The molecule has 5 aromatic rings. The van der Waals surface area contributed by atoms with Crippen molar-refractivity contribution in [1.29, 1.82) is 0 Å². The van der Waals surface area contributed by atoms with Gasteiger partial charge in [-0.2, -0.15) is 15.0 Å². The predicted molar refractivity (Wildman–Crippen MR) is 455 cm³/mol. The summed E-state index contributed by atoms with van der Waals surface area (Å²) in [5, 5.41) is 5.45. The number of nitrogens with two attached hydrogens (primary N) is 1. The topological polar surface area (TPSA) is 170 Å². The number of amides is 2. The highest BCUT2D eigenvalue weighted by atomic mass is 16.5. The number of carbonyl (C=O) groups excluding carboxylic acids is 1. The van der Waals surface area contributed by atoms with E-state index in [4.69, 9.17) is 38.9 Å². The molecule has 0 bridgehead atoms. The number of nitrogens with one attached hydrogen (secondary N) is 2. The second-order valence-corrected chi connectivity index (χ2v) is 30.4. The zero-order chi connectivity index (χ0) is 76.9. The number of urea groups is 1. The number of ether oxygens (including phenoxy) is 7. The minimum Gasteiger partial charge on any atom is -0.493 e. The monoisotopic (exact) mass is 1480 g/mol. The van der Waals surface area contributed by atoms with Gasteiger partial charge in [-0.3, -0.25) is 5.32 Å². The molecule has 0 radical (unpaired) electrons. The predicted octanol–water partition coefficient (Wildman–Crippen LogP) is 26.8. The summed E-state index contributed by atoms with van der Waals surface area (Å²) in [4.78, 5) is 25.5. The molecule has 1 aromatic heterocycles. The Hall–Kier alpha value is -7.22. The molecule has 0 spiro atoms. The van der Waals surface area contributed by atoms with Crippen LogP contribution < -0.4 is 49.5 Å². The van der Waals surface area contributed by atoms with E-state index >= 15 is 0 Å². The molecule has 4 aromatic carbocycles. The molecule has 4 N–H and O–H groups in total. The van der Waals surface area contributed by atoms with Crippen molar-refractivity contribution in [3.63, 3.8) is 0 Å². The van der Waals surface area contributed by atoms with Gasteiger partial charge in [-0.1, -0.05) is 343 Å². The van der Waals surface area contributed by atoms with Gasteiger partial charge in [0.1, 0.15) is 23.0 Å². The standard InChI is InChI=1S/C93H146N6O8/c1-13-21-24-27-30-33-36-39-42-45-59-101-87-62-77(63-88(102-60-46-43-40-37-34-31-28-25-22-14-2)89(87)103-61-47-44-41-38-35-32-29-26-23-15-3)51-55-80-65-86(107-71-75(12)20-8)82(67-84(80)105-69-73(10)18-6)57-56-81-66-83(104-68-72(9)17-5)79(64-85(81)106-70-74(11)19-7)54-50-76-48-52-78(53-49-76)90-96-91(94)98-92(97-90)99-93(100)95-58-16-4/h48-57,62-67,72-75H,13-47,58-61,68-71H2,1-12H3,(H4,94,95,96,97,98,99,100)/b54-50+,55-51+,57-56+/t72-,73-,74-,75-/m0/s1. The summed E-state index contributed by atoms with van der Waals surface area (Å²) in [5.74, 6) is 7.02. The first-order valence-corrected chi connectivity index (χ1v) is 42.9. The number of aromatic nitrogens is 3. The Bertz CT molecular complexity index is 3230. The average molecular weight is 1480 g/mol. The van der Waals surface area contributed by atoms with Crippen LogP contribution in [0.2, 0.25) is 0 Å². The Morgan fingerprint density at radius 3 is 1.04 bits per heavy atom. The number of nitrogen functional groups attached to an aromatic ring is 1. The largest absolute Gasteiger partial charge is 0.493 e. The van der Waals surface area contributed by atoms with Crippen molar-refractivity contribution in [2.45, 2.75) is 308 Å². The summed E-state index contributed by atoms with van der Waals surface area (Å²) in [5.41, 5.74) is 12.3. The molecule has 1 heterocycles. The summed E-state index contributed by atoms with van der Waals surface area (Å²) in [6.07, 6.45) is 55.5. The number of hydrogen-bond acceptors (Lipinski definition) is 12. The zero-order valence-electron chi connectivity index (χ0n) is 69.1. The van der Waals surface area contributed by atoms with Gasteiger partial charge >= 0.3 is 6.03 Å². The fourth-order valence-corrected chi connectivity index (χ4v) is 12.2. The second kappa shape index (κ2) is 56.1. The van der Waals surface area contributed by atoms with Crippen LogP contribution in [0.5, 0.6) is 40.2 Å². The van der Waals surface area contributed by atoms with Gasteiger partial charge in [-0.25, -0.2) is 4.79 Å². The van der Waals surface area contributed by atoms with Crippen molar-refractivity contribution >= 4 is 54.4 Å². The first kappa shape index (κ1) is 90.4. The van der Waals surface area contributed by atoms with Crippen molar-refractivity contribution in [2.24, 2.45) is 23.7 Å². The smallest absolute Gasteiger partial charge is 0.321 e. The number of rotatable bonds is 62. The van der Waals surface area contributed by atoms with Crippen molar-refractivity contribution in [3.8, 4) is 51.6 Å². The number of anilines is 2. The number of carbonyl (C=O) groups is 1. The van der Waals surface area contributed by atoms with Crippen molar-refractivity contribution in [3.05, 3.63) is 94.0 Å². The molecule has 0 saturated carbocycles. The third-order valence-corrected chi connectivity index (χ3v) is 20.4. The zero-order valence-corrected chi connectivity index (χ0v) is 69.1. The van der Waals surface area contributed by atoms with E-state index in [1.807, 2.05) is 31.2 Å². The Kier molecular flexibility index (Phi) is 47.4. The molecule has 0 unspecified atom stereocenters. The highest BCUT2D eigenvalue weighted by Gasteiger charge is 2.20. The first-order chi connectivity index (χ1) is 52.2. The quantitative estimate of drug-likeness (QED) is 0.0249. The molecule has 0 aliphatic rings. The molecule has 4 atom stereocenters. The van der Waals surface area contributed by atoms with Gasteiger partial charge in [-0.15, -0.1) is 0 Å². The van der Waals surface area contributed by atoms with Crippen molar-refractivity contribution in [2.75, 3.05) is 63.8 Å². The lowest BCUT2D eigenvalue weighted by atomic mass is 10.0. The fourth-order valence-electron chi connectivity index (χ4n) is 12.2. The Morgan fingerprint density at radius 1 is 0.364 bits per heavy atom. The normalized spacial score (nSPS) is 12.8. The molecule has 14 heteroatoms. The Labute approximate surface area is 650 Å². The second-order valence-electron chi connectivity index (χ2n) is 30.4. The Balaban J connectivity index is 1.57. The van der Waals surface area contributed by atoms with Gasteiger partial charge in [0.15, 0.2) is 17.3 Å². The van der Waals surface area contributed by atoms with E-state index in [0.29, 0.717) is 82.3 Å². The summed E-state index contributed by atoms with van der Waals surface area (Å²) in [7, 11) is 0. The molecule has 0 aliphatic carbocycles. The summed E-state index contributed by atoms with van der Waals surface area (Å²) < 4.78 is 48.1. The van der Waals surface area contributed by atoms with Gasteiger partial charge in [-0.05, 0) is 96.9 Å². The summed E-state index contributed by atoms with van der Waals surface area (Å²) in [6.45, 7) is 31.2. The van der Waals surface area contributed by atoms with Crippen molar-refractivity contribution < 1.29 is 38.0 Å². The van der Waals surface area contributed by atoms with Crippen LogP contribution in [0.25, 0.3) is 47.8 Å². The summed E-state index contributed by atoms with van der Waals surface area (Å²) in [6, 6.07) is 20.3. The Morgan fingerprint density at radius 2 is 0.692 bits per heavy atom. The van der Waals surface area contributed by atoms with E-state index < -0.39 is 6.03 Å². The van der Waals surface area contributed by atoms with E-state index in [-0.39, 0.29) is 11.9 Å². The molecule has 5 rings (SSSR count). The van der Waals surface area contributed by atoms with E-state index in [2.05, 4.69) is 175 Å². The molecular weight excluding hydrogens is 1330 g/mol. The number of benzene rings is 4. The van der Waals surface area contributed by atoms with E-state index in [0.717, 1.165) is 150 Å². The molecule has 14 nitrogen and oxygen atoms in total. The molecule has 0 fully saturated rings. The average Bonchev–Trinajstić information content (AvgIpc) is 0.824.